The molecule has 0 aliphatic rings. The lowest BCUT2D eigenvalue weighted by molar-refractivity contribution is 0.0207. The Morgan fingerprint density at radius 1 is 1.47 bits per heavy atom. The highest BCUT2D eigenvalue weighted by molar-refractivity contribution is 5.93. The molecule has 1 heterocycles. The van der Waals surface area contributed by atoms with Gasteiger partial charge in [-0.25, -0.2) is 5.48 Å². The number of hydroxylamine groups is 1. The highest BCUT2D eigenvalue weighted by Crippen LogP contribution is 2.07. The molecule has 0 fully saturated rings. The Kier molecular flexibility index (Phi) is 5.76. The average molecular weight is 266 g/mol. The van der Waals surface area contributed by atoms with E-state index in [9.17, 15) is 9.59 Å². The van der Waals surface area contributed by atoms with Crippen LogP contribution in [0, 0.1) is 12.8 Å². The predicted molar refractivity (Wildman–Crippen MR) is 74.1 cm³/mol. The fraction of sp³-hybridized carbons (Fsp3) is 0.571. The third kappa shape index (κ3) is 4.52. The molecule has 19 heavy (non-hydrogen) atoms. The van der Waals surface area contributed by atoms with Gasteiger partial charge in [-0.15, -0.1) is 0 Å². The molecule has 0 aliphatic heterocycles. The van der Waals surface area contributed by atoms with Gasteiger partial charge in [-0.1, -0.05) is 27.2 Å². The van der Waals surface area contributed by atoms with Crippen molar-refractivity contribution < 1.29 is 9.63 Å². The zero-order valence-corrected chi connectivity index (χ0v) is 12.0. The molecular formula is C14H22N2O3. The predicted octanol–water partition coefficient (Wildman–Crippen LogP) is 1.95. The van der Waals surface area contributed by atoms with Crippen molar-refractivity contribution in [1.29, 1.82) is 0 Å². The molecule has 1 aromatic rings. The molecule has 1 rings (SSSR count). The van der Waals surface area contributed by atoms with Gasteiger partial charge in [0.15, 0.2) is 0 Å². The number of amides is 1. The minimum Gasteiger partial charge on any atom is -0.326 e. The first-order chi connectivity index (χ1) is 8.95. The van der Waals surface area contributed by atoms with Gasteiger partial charge < -0.3 is 4.98 Å². The van der Waals surface area contributed by atoms with E-state index >= 15 is 0 Å². The molecule has 0 radical (unpaired) electrons. The minimum absolute atomic E-state index is 0.0952. The zero-order chi connectivity index (χ0) is 14.4. The van der Waals surface area contributed by atoms with Crippen molar-refractivity contribution in [3.63, 3.8) is 0 Å². The second kappa shape index (κ2) is 7.09. The Balaban J connectivity index is 2.84. The quantitative estimate of drug-likeness (QED) is 0.773. The van der Waals surface area contributed by atoms with Gasteiger partial charge in [-0.2, -0.15) is 0 Å². The van der Waals surface area contributed by atoms with Crippen LogP contribution in [0.1, 0.15) is 48.8 Å². The van der Waals surface area contributed by atoms with Gasteiger partial charge in [-0.05, 0) is 30.9 Å². The standard InChI is InChI=1S/C14H22N2O3/c1-5-6-11-7-12(13(17)15-10(11)4)14(18)16-19-8-9(2)3/h7,9H,5-6,8H2,1-4H3,(H,15,17)(H,16,18). The Morgan fingerprint density at radius 3 is 2.74 bits per heavy atom. The monoisotopic (exact) mass is 266 g/mol. The van der Waals surface area contributed by atoms with Gasteiger partial charge >= 0.3 is 0 Å². The van der Waals surface area contributed by atoms with E-state index in [1.54, 1.807) is 6.07 Å². The molecule has 0 spiro atoms. The van der Waals surface area contributed by atoms with Crippen LogP contribution in [0.25, 0.3) is 0 Å². The van der Waals surface area contributed by atoms with Gasteiger partial charge in [0.2, 0.25) is 0 Å². The molecule has 0 atom stereocenters. The lowest BCUT2D eigenvalue weighted by Gasteiger charge is -2.09. The number of hydrogen-bond donors (Lipinski definition) is 2. The molecule has 5 nitrogen and oxygen atoms in total. The van der Waals surface area contributed by atoms with Crippen LogP contribution in [0.15, 0.2) is 10.9 Å². The summed E-state index contributed by atoms with van der Waals surface area (Å²) in [6.07, 6.45) is 1.79. The number of rotatable bonds is 6. The van der Waals surface area contributed by atoms with E-state index < -0.39 is 5.91 Å². The lowest BCUT2D eigenvalue weighted by Crippen LogP contribution is -2.31. The van der Waals surface area contributed by atoms with Crippen LogP contribution in [0.4, 0.5) is 0 Å². The fourth-order valence-corrected chi connectivity index (χ4v) is 1.69. The fourth-order valence-electron chi connectivity index (χ4n) is 1.69. The number of carbonyl (C=O) groups is 1. The van der Waals surface area contributed by atoms with Gasteiger partial charge in [0.25, 0.3) is 11.5 Å². The SMILES string of the molecule is CCCc1cc(C(=O)NOCC(C)C)c(=O)[nH]c1C. The first kappa shape index (κ1) is 15.4. The molecule has 1 aromatic heterocycles. The lowest BCUT2D eigenvalue weighted by atomic mass is 10.1. The topological polar surface area (TPSA) is 71.2 Å². The number of pyridine rings is 1. The Bertz CT molecular complexity index is 492. The van der Waals surface area contributed by atoms with Crippen LogP contribution >= 0.6 is 0 Å². The van der Waals surface area contributed by atoms with Crippen molar-refractivity contribution in [3.05, 3.63) is 33.2 Å². The number of carbonyl (C=O) groups excluding carboxylic acids is 1. The molecule has 2 N–H and O–H groups in total. The summed E-state index contributed by atoms with van der Waals surface area (Å²) in [6.45, 7) is 8.26. The second-order valence-corrected chi connectivity index (χ2v) is 5.05. The molecule has 1 amide bonds. The number of aromatic nitrogens is 1. The van der Waals surface area contributed by atoms with Crippen LogP contribution in [0.5, 0.6) is 0 Å². The molecule has 0 saturated carbocycles. The largest absolute Gasteiger partial charge is 0.326 e. The van der Waals surface area contributed by atoms with Gasteiger partial charge in [0, 0.05) is 5.69 Å². The third-order valence-electron chi connectivity index (χ3n) is 2.69. The van der Waals surface area contributed by atoms with E-state index in [0.29, 0.717) is 12.5 Å². The summed E-state index contributed by atoms with van der Waals surface area (Å²) in [5.41, 5.74) is 3.80. The maximum absolute atomic E-state index is 11.9. The van der Waals surface area contributed by atoms with Crippen molar-refractivity contribution in [2.45, 2.75) is 40.5 Å². The maximum Gasteiger partial charge on any atom is 0.280 e. The van der Waals surface area contributed by atoms with Crippen molar-refractivity contribution in [2.24, 2.45) is 5.92 Å². The molecule has 0 aromatic carbocycles. The van der Waals surface area contributed by atoms with Crippen molar-refractivity contribution in [1.82, 2.24) is 10.5 Å². The molecule has 106 valence electrons. The number of H-pyrrole nitrogens is 1. The van der Waals surface area contributed by atoms with E-state index in [2.05, 4.69) is 17.4 Å². The second-order valence-electron chi connectivity index (χ2n) is 5.05. The summed E-state index contributed by atoms with van der Waals surface area (Å²) in [5.74, 6) is -0.188. The Labute approximate surface area is 113 Å². The highest BCUT2D eigenvalue weighted by atomic mass is 16.6. The van der Waals surface area contributed by atoms with E-state index in [4.69, 9.17) is 4.84 Å². The molecule has 5 heteroatoms. The van der Waals surface area contributed by atoms with Crippen molar-refractivity contribution in [2.75, 3.05) is 6.61 Å². The van der Waals surface area contributed by atoms with Crippen LogP contribution in [0.3, 0.4) is 0 Å². The summed E-state index contributed by atoms with van der Waals surface area (Å²) in [7, 11) is 0. The summed E-state index contributed by atoms with van der Waals surface area (Å²) in [5, 5.41) is 0. The number of nitrogens with one attached hydrogen (secondary N) is 2. The van der Waals surface area contributed by atoms with E-state index in [1.807, 2.05) is 20.8 Å². The zero-order valence-electron chi connectivity index (χ0n) is 12.0. The van der Waals surface area contributed by atoms with Crippen LogP contribution in [-0.4, -0.2) is 17.5 Å². The Hall–Kier alpha value is -1.62. The van der Waals surface area contributed by atoms with Crippen molar-refractivity contribution >= 4 is 5.91 Å². The normalized spacial score (nSPS) is 10.8. The first-order valence-corrected chi connectivity index (χ1v) is 6.60. The molecule has 0 unspecified atom stereocenters. The molecule has 0 aliphatic carbocycles. The number of aromatic amines is 1. The summed E-state index contributed by atoms with van der Waals surface area (Å²) in [4.78, 5) is 31.4. The number of aryl methyl sites for hydroxylation is 2. The smallest absolute Gasteiger partial charge is 0.280 e. The van der Waals surface area contributed by atoms with Gasteiger partial charge in [0.05, 0.1) is 6.61 Å². The molecule has 0 bridgehead atoms. The third-order valence-corrected chi connectivity index (χ3v) is 2.69. The van der Waals surface area contributed by atoms with Crippen LogP contribution < -0.4 is 11.0 Å². The van der Waals surface area contributed by atoms with Crippen LogP contribution in [0.2, 0.25) is 0 Å². The van der Waals surface area contributed by atoms with E-state index in [0.717, 1.165) is 24.1 Å². The molecular weight excluding hydrogens is 244 g/mol. The maximum atomic E-state index is 11.9. The van der Waals surface area contributed by atoms with Gasteiger partial charge in [0.1, 0.15) is 5.56 Å². The minimum atomic E-state index is -0.501. The summed E-state index contributed by atoms with van der Waals surface area (Å²) in [6, 6.07) is 1.64. The molecule has 0 saturated heterocycles. The van der Waals surface area contributed by atoms with Crippen molar-refractivity contribution in [3.8, 4) is 0 Å². The number of hydrogen-bond acceptors (Lipinski definition) is 3. The van der Waals surface area contributed by atoms with E-state index in [-0.39, 0.29) is 11.1 Å². The Morgan fingerprint density at radius 2 is 2.16 bits per heavy atom. The summed E-state index contributed by atoms with van der Waals surface area (Å²) < 4.78 is 0. The highest BCUT2D eigenvalue weighted by Gasteiger charge is 2.13. The average Bonchev–Trinajstić information content (AvgIpc) is 2.32. The first-order valence-electron chi connectivity index (χ1n) is 6.60. The van der Waals surface area contributed by atoms with E-state index in [1.165, 1.54) is 0 Å². The van der Waals surface area contributed by atoms with Gasteiger partial charge in [-0.3, -0.25) is 14.4 Å². The summed E-state index contributed by atoms with van der Waals surface area (Å²) >= 11 is 0. The van der Waals surface area contributed by atoms with Crippen LogP contribution in [-0.2, 0) is 11.3 Å².